The molecule has 1 aromatic carbocycles. The van der Waals surface area contributed by atoms with E-state index in [-0.39, 0.29) is 5.41 Å². The molecule has 0 atom stereocenters. The van der Waals surface area contributed by atoms with Gasteiger partial charge < -0.3 is 4.84 Å². The number of oxime groups is 1. The molecule has 0 unspecified atom stereocenters. The Balaban J connectivity index is 2.90. The Hall–Kier alpha value is -1.31. The van der Waals surface area contributed by atoms with Gasteiger partial charge in [-0.2, -0.15) is 0 Å². The van der Waals surface area contributed by atoms with Crippen molar-refractivity contribution in [2.24, 2.45) is 10.6 Å². The van der Waals surface area contributed by atoms with Crippen molar-refractivity contribution in [3.63, 3.8) is 0 Å². The average molecular weight is 205 g/mol. The maximum absolute atomic E-state index is 4.89. The second-order valence-corrected chi connectivity index (χ2v) is 4.82. The number of nitrogens with zero attached hydrogens (tertiary/aromatic N) is 1. The molecule has 0 spiro atoms. The molecule has 0 aliphatic carbocycles. The van der Waals surface area contributed by atoms with Crippen LogP contribution in [0.15, 0.2) is 35.5 Å². The van der Waals surface area contributed by atoms with Gasteiger partial charge in [0.2, 0.25) is 0 Å². The third-order valence-electron chi connectivity index (χ3n) is 2.01. The summed E-state index contributed by atoms with van der Waals surface area (Å²) in [4.78, 5) is 4.89. The van der Waals surface area contributed by atoms with Crippen LogP contribution in [0.5, 0.6) is 0 Å². The van der Waals surface area contributed by atoms with Crippen molar-refractivity contribution in [1.29, 1.82) is 0 Å². The van der Waals surface area contributed by atoms with E-state index >= 15 is 0 Å². The van der Waals surface area contributed by atoms with Crippen LogP contribution in [0.3, 0.4) is 0 Å². The van der Waals surface area contributed by atoms with Crippen LogP contribution in [-0.4, -0.2) is 12.8 Å². The first-order chi connectivity index (χ1) is 7.03. The van der Waals surface area contributed by atoms with Gasteiger partial charge >= 0.3 is 0 Å². The highest BCUT2D eigenvalue weighted by molar-refractivity contribution is 6.00. The zero-order chi connectivity index (χ0) is 11.3. The van der Waals surface area contributed by atoms with Gasteiger partial charge in [-0.25, -0.2) is 0 Å². The summed E-state index contributed by atoms with van der Waals surface area (Å²) < 4.78 is 0. The molecule has 0 amide bonds. The van der Waals surface area contributed by atoms with Crippen molar-refractivity contribution in [2.75, 3.05) is 7.11 Å². The van der Waals surface area contributed by atoms with E-state index in [2.05, 4.69) is 38.1 Å². The molecule has 0 fully saturated rings. The van der Waals surface area contributed by atoms with Crippen LogP contribution in [0.4, 0.5) is 0 Å². The molecule has 2 nitrogen and oxygen atoms in total. The summed E-state index contributed by atoms with van der Waals surface area (Å²) in [5, 5.41) is 4.10. The lowest BCUT2D eigenvalue weighted by atomic mass is 9.87. The monoisotopic (exact) mass is 205 g/mol. The Morgan fingerprint density at radius 3 is 2.27 bits per heavy atom. The molecule has 15 heavy (non-hydrogen) atoms. The molecule has 1 rings (SSSR count). The smallest absolute Gasteiger partial charge is 0.106 e. The van der Waals surface area contributed by atoms with Gasteiger partial charge in [0.25, 0.3) is 0 Å². The molecule has 0 saturated heterocycles. The van der Waals surface area contributed by atoms with Crippen molar-refractivity contribution >= 4 is 5.71 Å². The molecule has 0 radical (unpaired) electrons. The standard InChI is InChI=1S/C13H19NO/c1-13(2,3)10-12(14-15-4)11-8-6-5-7-9-11/h5-9H,10H2,1-4H3. The minimum absolute atomic E-state index is 0.215. The van der Waals surface area contributed by atoms with E-state index in [4.69, 9.17) is 4.84 Å². The van der Waals surface area contributed by atoms with Crippen LogP contribution < -0.4 is 0 Å². The summed E-state index contributed by atoms with van der Waals surface area (Å²) in [6.45, 7) is 6.59. The Bertz CT molecular complexity index is 322. The third kappa shape index (κ3) is 4.15. The van der Waals surface area contributed by atoms with Crippen LogP contribution in [0.2, 0.25) is 0 Å². The molecule has 0 saturated carbocycles. The molecule has 0 aromatic heterocycles. The lowest BCUT2D eigenvalue weighted by Crippen LogP contribution is -2.14. The summed E-state index contributed by atoms with van der Waals surface area (Å²) in [6.07, 6.45) is 0.908. The second-order valence-electron chi connectivity index (χ2n) is 4.82. The van der Waals surface area contributed by atoms with Gasteiger partial charge in [-0.05, 0) is 17.4 Å². The lowest BCUT2D eigenvalue weighted by Gasteiger charge is -2.19. The Labute approximate surface area is 91.9 Å². The summed E-state index contributed by atoms with van der Waals surface area (Å²) in [5.74, 6) is 0. The minimum atomic E-state index is 0.215. The Morgan fingerprint density at radius 1 is 1.20 bits per heavy atom. The van der Waals surface area contributed by atoms with E-state index in [0.29, 0.717) is 0 Å². The highest BCUT2D eigenvalue weighted by Crippen LogP contribution is 2.22. The van der Waals surface area contributed by atoms with E-state index in [1.807, 2.05) is 18.2 Å². The van der Waals surface area contributed by atoms with Crippen molar-refractivity contribution in [1.82, 2.24) is 0 Å². The van der Waals surface area contributed by atoms with Gasteiger partial charge in [-0.1, -0.05) is 56.3 Å². The molecule has 0 aliphatic heterocycles. The fourth-order valence-corrected chi connectivity index (χ4v) is 1.43. The predicted octanol–water partition coefficient (Wildman–Crippen LogP) is 3.47. The molecule has 0 aliphatic rings. The molecular weight excluding hydrogens is 186 g/mol. The van der Waals surface area contributed by atoms with Gasteiger partial charge in [0.05, 0.1) is 5.71 Å². The number of hydrogen-bond donors (Lipinski definition) is 0. The maximum Gasteiger partial charge on any atom is 0.106 e. The summed E-state index contributed by atoms with van der Waals surface area (Å²) in [6, 6.07) is 10.2. The summed E-state index contributed by atoms with van der Waals surface area (Å²) >= 11 is 0. The predicted molar refractivity (Wildman–Crippen MR) is 64.1 cm³/mol. The van der Waals surface area contributed by atoms with Crippen LogP contribution in [-0.2, 0) is 4.84 Å². The largest absolute Gasteiger partial charge is 0.399 e. The Kier molecular flexibility index (Phi) is 3.89. The van der Waals surface area contributed by atoms with Crippen molar-refractivity contribution in [2.45, 2.75) is 27.2 Å². The van der Waals surface area contributed by atoms with E-state index in [9.17, 15) is 0 Å². The van der Waals surface area contributed by atoms with Crippen molar-refractivity contribution < 1.29 is 4.84 Å². The van der Waals surface area contributed by atoms with Gasteiger partial charge in [0.15, 0.2) is 0 Å². The van der Waals surface area contributed by atoms with Crippen molar-refractivity contribution in [3.05, 3.63) is 35.9 Å². The zero-order valence-electron chi connectivity index (χ0n) is 9.95. The number of hydrogen-bond acceptors (Lipinski definition) is 2. The zero-order valence-corrected chi connectivity index (χ0v) is 9.95. The highest BCUT2D eigenvalue weighted by atomic mass is 16.6. The molecule has 2 heteroatoms. The van der Waals surface area contributed by atoms with Gasteiger partial charge in [-0.3, -0.25) is 0 Å². The molecule has 0 heterocycles. The quantitative estimate of drug-likeness (QED) is 0.547. The number of benzene rings is 1. The second kappa shape index (κ2) is 4.96. The van der Waals surface area contributed by atoms with E-state index in [1.54, 1.807) is 7.11 Å². The van der Waals surface area contributed by atoms with Crippen LogP contribution in [0.1, 0.15) is 32.8 Å². The van der Waals surface area contributed by atoms with Gasteiger partial charge in [0.1, 0.15) is 7.11 Å². The topological polar surface area (TPSA) is 21.6 Å². The first kappa shape index (κ1) is 11.8. The fourth-order valence-electron chi connectivity index (χ4n) is 1.43. The fraction of sp³-hybridized carbons (Fsp3) is 0.462. The van der Waals surface area contributed by atoms with E-state index in [1.165, 1.54) is 0 Å². The maximum atomic E-state index is 4.89. The summed E-state index contributed by atoms with van der Waals surface area (Å²) in [7, 11) is 1.59. The number of rotatable bonds is 3. The van der Waals surface area contributed by atoms with Gasteiger partial charge in [-0.15, -0.1) is 0 Å². The lowest BCUT2D eigenvalue weighted by molar-refractivity contribution is 0.211. The average Bonchev–Trinajstić information content (AvgIpc) is 2.17. The highest BCUT2D eigenvalue weighted by Gasteiger charge is 2.16. The molecule has 1 aromatic rings. The molecule has 0 bridgehead atoms. The SMILES string of the molecule is CON=C(CC(C)(C)C)c1ccccc1. The van der Waals surface area contributed by atoms with Crippen LogP contribution in [0.25, 0.3) is 0 Å². The Morgan fingerprint density at radius 2 is 1.80 bits per heavy atom. The molecular formula is C13H19NO. The van der Waals surface area contributed by atoms with Crippen molar-refractivity contribution in [3.8, 4) is 0 Å². The van der Waals surface area contributed by atoms with Crippen LogP contribution in [0, 0.1) is 5.41 Å². The van der Waals surface area contributed by atoms with E-state index < -0.39 is 0 Å². The summed E-state index contributed by atoms with van der Waals surface area (Å²) in [5.41, 5.74) is 2.35. The van der Waals surface area contributed by atoms with Gasteiger partial charge in [0, 0.05) is 0 Å². The normalized spacial score (nSPS) is 12.7. The molecule has 0 N–H and O–H groups in total. The van der Waals surface area contributed by atoms with Crippen LogP contribution >= 0.6 is 0 Å². The van der Waals surface area contributed by atoms with E-state index in [0.717, 1.165) is 17.7 Å². The third-order valence-corrected chi connectivity index (χ3v) is 2.01. The first-order valence-corrected chi connectivity index (χ1v) is 5.18. The molecule has 82 valence electrons. The first-order valence-electron chi connectivity index (χ1n) is 5.18. The minimum Gasteiger partial charge on any atom is -0.399 e.